The Hall–Kier alpha value is -2.28. The molecule has 0 aliphatic carbocycles. The van der Waals surface area contributed by atoms with E-state index < -0.39 is 0 Å². The van der Waals surface area contributed by atoms with Crippen LogP contribution in [0.3, 0.4) is 0 Å². The lowest BCUT2D eigenvalue weighted by atomic mass is 10.2. The molecule has 1 amide bonds. The van der Waals surface area contributed by atoms with Crippen molar-refractivity contribution < 1.29 is 18.8 Å². The van der Waals surface area contributed by atoms with Crippen molar-refractivity contribution in [3.05, 3.63) is 36.0 Å². The van der Waals surface area contributed by atoms with Crippen LogP contribution < -0.4 is 5.32 Å². The average molecular weight is 307 g/mol. The Labute approximate surface area is 127 Å². The number of rotatable bonds is 7. The van der Waals surface area contributed by atoms with Gasteiger partial charge in [-0.05, 0) is 37.6 Å². The summed E-state index contributed by atoms with van der Waals surface area (Å²) in [5, 5.41) is 15.3. The SMILES string of the molecule is CC(CO)NC(=O)CCCc1nc(-c2ccc(F)cc2)no1. The van der Waals surface area contributed by atoms with Crippen molar-refractivity contribution in [2.45, 2.75) is 32.2 Å². The van der Waals surface area contributed by atoms with Crippen LogP contribution in [0.15, 0.2) is 28.8 Å². The molecule has 1 unspecified atom stereocenters. The van der Waals surface area contributed by atoms with Gasteiger partial charge < -0.3 is 14.9 Å². The van der Waals surface area contributed by atoms with E-state index >= 15 is 0 Å². The zero-order valence-corrected chi connectivity index (χ0v) is 12.3. The van der Waals surface area contributed by atoms with Crippen molar-refractivity contribution >= 4 is 5.91 Å². The largest absolute Gasteiger partial charge is 0.394 e. The highest BCUT2D eigenvalue weighted by molar-refractivity contribution is 5.76. The highest BCUT2D eigenvalue weighted by Crippen LogP contribution is 2.16. The molecule has 0 bridgehead atoms. The molecule has 2 rings (SSSR count). The number of nitrogens with one attached hydrogen (secondary N) is 1. The summed E-state index contributed by atoms with van der Waals surface area (Å²) in [6.45, 7) is 1.64. The van der Waals surface area contributed by atoms with E-state index in [0.717, 1.165) is 0 Å². The first-order valence-corrected chi connectivity index (χ1v) is 7.07. The third-order valence-electron chi connectivity index (χ3n) is 3.05. The second kappa shape index (κ2) is 7.65. The van der Waals surface area contributed by atoms with Gasteiger partial charge in [0.15, 0.2) is 0 Å². The van der Waals surface area contributed by atoms with Crippen LogP contribution in [0.25, 0.3) is 11.4 Å². The number of nitrogens with zero attached hydrogens (tertiary/aromatic N) is 2. The van der Waals surface area contributed by atoms with Crippen LogP contribution in [0.5, 0.6) is 0 Å². The Morgan fingerprint density at radius 1 is 1.41 bits per heavy atom. The summed E-state index contributed by atoms with van der Waals surface area (Å²) >= 11 is 0. The third kappa shape index (κ3) is 4.63. The van der Waals surface area contributed by atoms with Gasteiger partial charge in [0.05, 0.1) is 6.61 Å². The van der Waals surface area contributed by atoms with Crippen LogP contribution in [0.4, 0.5) is 4.39 Å². The number of hydrogen-bond acceptors (Lipinski definition) is 5. The van der Waals surface area contributed by atoms with Crippen molar-refractivity contribution in [2.75, 3.05) is 6.61 Å². The normalized spacial score (nSPS) is 12.1. The molecule has 0 saturated heterocycles. The Balaban J connectivity index is 1.82. The number of carbonyl (C=O) groups is 1. The van der Waals surface area contributed by atoms with Crippen molar-refractivity contribution in [3.8, 4) is 11.4 Å². The predicted octanol–water partition coefficient (Wildman–Crippen LogP) is 1.70. The van der Waals surface area contributed by atoms with Crippen LogP contribution in [-0.4, -0.2) is 33.8 Å². The quantitative estimate of drug-likeness (QED) is 0.812. The third-order valence-corrected chi connectivity index (χ3v) is 3.05. The number of amides is 1. The summed E-state index contributed by atoms with van der Waals surface area (Å²) in [6.07, 6.45) is 1.36. The fourth-order valence-electron chi connectivity index (χ4n) is 1.87. The minimum Gasteiger partial charge on any atom is -0.394 e. The standard InChI is InChI=1S/C15H18FN3O3/c1-10(9-20)17-13(21)3-2-4-14-18-15(19-22-14)11-5-7-12(16)8-6-11/h5-8,10,20H,2-4,9H2,1H3,(H,17,21). The lowest BCUT2D eigenvalue weighted by molar-refractivity contribution is -0.122. The van der Waals surface area contributed by atoms with Gasteiger partial charge in [0, 0.05) is 24.4 Å². The number of aryl methyl sites for hydroxylation is 1. The molecule has 1 aromatic heterocycles. The highest BCUT2D eigenvalue weighted by atomic mass is 19.1. The maximum Gasteiger partial charge on any atom is 0.226 e. The van der Waals surface area contributed by atoms with Gasteiger partial charge in [0.1, 0.15) is 5.82 Å². The number of aromatic nitrogens is 2. The first kappa shape index (κ1) is 16.1. The Morgan fingerprint density at radius 3 is 2.82 bits per heavy atom. The zero-order chi connectivity index (χ0) is 15.9. The van der Waals surface area contributed by atoms with Crippen LogP contribution in [-0.2, 0) is 11.2 Å². The van der Waals surface area contributed by atoms with Crippen molar-refractivity contribution in [2.24, 2.45) is 0 Å². The van der Waals surface area contributed by atoms with Crippen LogP contribution in [0.1, 0.15) is 25.7 Å². The molecule has 0 aliphatic rings. The molecule has 0 aliphatic heterocycles. The number of aliphatic hydroxyl groups is 1. The van der Waals surface area contributed by atoms with E-state index in [4.69, 9.17) is 9.63 Å². The lowest BCUT2D eigenvalue weighted by Gasteiger charge is -2.09. The Morgan fingerprint density at radius 2 is 2.14 bits per heavy atom. The molecule has 0 saturated carbocycles. The van der Waals surface area contributed by atoms with Gasteiger partial charge in [-0.2, -0.15) is 4.98 Å². The fraction of sp³-hybridized carbons (Fsp3) is 0.400. The Bertz CT molecular complexity index is 613. The van der Waals surface area contributed by atoms with Gasteiger partial charge in [0.25, 0.3) is 0 Å². The minimum atomic E-state index is -0.324. The highest BCUT2D eigenvalue weighted by Gasteiger charge is 2.10. The Kier molecular flexibility index (Phi) is 5.60. The summed E-state index contributed by atoms with van der Waals surface area (Å²) in [5.74, 6) is 0.381. The van der Waals surface area contributed by atoms with Crippen molar-refractivity contribution in [1.29, 1.82) is 0 Å². The molecule has 0 spiro atoms. The topological polar surface area (TPSA) is 88.2 Å². The molecule has 7 heteroatoms. The first-order chi connectivity index (χ1) is 10.6. The van der Waals surface area contributed by atoms with Crippen molar-refractivity contribution in [3.63, 3.8) is 0 Å². The van der Waals surface area contributed by atoms with Gasteiger partial charge in [0.2, 0.25) is 17.6 Å². The summed E-state index contributed by atoms with van der Waals surface area (Å²) in [7, 11) is 0. The molecule has 1 aromatic carbocycles. The van der Waals surface area contributed by atoms with Crippen molar-refractivity contribution in [1.82, 2.24) is 15.5 Å². The molecule has 2 N–H and O–H groups in total. The maximum atomic E-state index is 12.8. The second-order valence-electron chi connectivity index (χ2n) is 5.02. The van der Waals surface area contributed by atoms with E-state index in [1.807, 2.05) is 0 Å². The summed E-state index contributed by atoms with van der Waals surface area (Å²) in [5.41, 5.74) is 0.672. The van der Waals surface area contributed by atoms with E-state index in [1.54, 1.807) is 19.1 Å². The minimum absolute atomic E-state index is 0.0869. The molecular weight excluding hydrogens is 289 g/mol. The van der Waals surface area contributed by atoms with Gasteiger partial charge in [-0.25, -0.2) is 4.39 Å². The second-order valence-corrected chi connectivity index (χ2v) is 5.02. The first-order valence-electron chi connectivity index (χ1n) is 7.07. The molecule has 0 radical (unpaired) electrons. The molecule has 1 atom stereocenters. The number of carbonyl (C=O) groups excluding carboxylic acids is 1. The summed E-state index contributed by atoms with van der Waals surface area (Å²) in [6, 6.07) is 5.57. The summed E-state index contributed by atoms with van der Waals surface area (Å²) < 4.78 is 18.0. The molecule has 1 heterocycles. The summed E-state index contributed by atoms with van der Waals surface area (Å²) in [4.78, 5) is 15.7. The van der Waals surface area contributed by atoms with E-state index in [9.17, 15) is 9.18 Å². The van der Waals surface area contributed by atoms with E-state index in [-0.39, 0.29) is 24.4 Å². The molecule has 118 valence electrons. The van der Waals surface area contributed by atoms with Gasteiger partial charge in [-0.1, -0.05) is 5.16 Å². The van der Waals surface area contributed by atoms with E-state index in [0.29, 0.717) is 36.5 Å². The molecule has 2 aromatic rings. The molecule has 22 heavy (non-hydrogen) atoms. The number of aliphatic hydroxyl groups excluding tert-OH is 1. The monoisotopic (exact) mass is 307 g/mol. The molecule has 0 fully saturated rings. The number of halogens is 1. The fourth-order valence-corrected chi connectivity index (χ4v) is 1.87. The van der Waals surface area contributed by atoms with Crippen LogP contribution in [0.2, 0.25) is 0 Å². The average Bonchev–Trinajstić information content (AvgIpc) is 2.96. The number of benzene rings is 1. The predicted molar refractivity (Wildman–Crippen MR) is 77.3 cm³/mol. The zero-order valence-electron chi connectivity index (χ0n) is 12.3. The maximum absolute atomic E-state index is 12.8. The van der Waals surface area contributed by atoms with Crippen LogP contribution >= 0.6 is 0 Å². The van der Waals surface area contributed by atoms with Gasteiger partial charge in [-0.15, -0.1) is 0 Å². The number of hydrogen-bond donors (Lipinski definition) is 2. The smallest absolute Gasteiger partial charge is 0.226 e. The molecule has 6 nitrogen and oxygen atoms in total. The van der Waals surface area contributed by atoms with Crippen LogP contribution in [0, 0.1) is 5.82 Å². The lowest BCUT2D eigenvalue weighted by Crippen LogP contribution is -2.34. The van der Waals surface area contributed by atoms with E-state index in [2.05, 4.69) is 15.5 Å². The van der Waals surface area contributed by atoms with Gasteiger partial charge in [-0.3, -0.25) is 4.79 Å². The molecular formula is C15H18FN3O3. The van der Waals surface area contributed by atoms with E-state index in [1.165, 1.54) is 12.1 Å². The van der Waals surface area contributed by atoms with Gasteiger partial charge >= 0.3 is 0 Å².